The lowest BCUT2D eigenvalue weighted by molar-refractivity contribution is -0.0422. The Morgan fingerprint density at radius 3 is 2.22 bits per heavy atom. The lowest BCUT2D eigenvalue weighted by Crippen LogP contribution is -2.40. The summed E-state index contributed by atoms with van der Waals surface area (Å²) >= 11 is 0. The Morgan fingerprint density at radius 1 is 1.11 bits per heavy atom. The molecule has 2 atom stereocenters. The van der Waals surface area contributed by atoms with E-state index in [1.165, 1.54) is 5.56 Å². The number of hydrogen-bond donors (Lipinski definition) is 2. The van der Waals surface area contributed by atoms with Crippen LogP contribution in [0.2, 0.25) is 0 Å². The predicted molar refractivity (Wildman–Crippen MR) is 72.2 cm³/mol. The van der Waals surface area contributed by atoms with Crippen LogP contribution in [0.3, 0.4) is 0 Å². The van der Waals surface area contributed by atoms with Crippen LogP contribution in [-0.2, 0) is 17.9 Å². The van der Waals surface area contributed by atoms with Crippen molar-refractivity contribution in [2.75, 3.05) is 0 Å². The summed E-state index contributed by atoms with van der Waals surface area (Å²) in [5.74, 6) is 0. The van der Waals surface area contributed by atoms with Crippen molar-refractivity contribution in [3.8, 4) is 0 Å². The minimum Gasteiger partial charge on any atom is -0.392 e. The molecule has 2 unspecified atom stereocenters. The Bertz CT molecular complexity index is 353. The SMILES string of the molecule is CC1CC(NCc2ccc(CO)cc2)CC(C)O1. The molecule has 2 N–H and O–H groups in total. The van der Waals surface area contributed by atoms with Crippen molar-refractivity contribution in [2.45, 2.75) is 58.1 Å². The maximum atomic E-state index is 8.99. The first-order valence-corrected chi connectivity index (χ1v) is 6.75. The monoisotopic (exact) mass is 249 g/mol. The van der Waals surface area contributed by atoms with Crippen LogP contribution in [0.15, 0.2) is 24.3 Å². The molecule has 3 nitrogen and oxygen atoms in total. The molecular formula is C15H23NO2. The number of ether oxygens (including phenoxy) is 1. The highest BCUT2D eigenvalue weighted by Gasteiger charge is 2.23. The zero-order valence-electron chi connectivity index (χ0n) is 11.2. The number of aliphatic hydroxyl groups is 1. The first-order valence-electron chi connectivity index (χ1n) is 6.75. The third kappa shape index (κ3) is 3.80. The highest BCUT2D eigenvalue weighted by atomic mass is 16.5. The molecular weight excluding hydrogens is 226 g/mol. The topological polar surface area (TPSA) is 41.5 Å². The fraction of sp³-hybridized carbons (Fsp3) is 0.600. The van der Waals surface area contributed by atoms with Crippen molar-refractivity contribution < 1.29 is 9.84 Å². The van der Waals surface area contributed by atoms with Crippen LogP contribution >= 0.6 is 0 Å². The van der Waals surface area contributed by atoms with E-state index in [4.69, 9.17) is 9.84 Å². The largest absolute Gasteiger partial charge is 0.392 e. The molecule has 1 aliphatic rings. The van der Waals surface area contributed by atoms with Gasteiger partial charge in [0.05, 0.1) is 18.8 Å². The number of nitrogens with one attached hydrogen (secondary N) is 1. The van der Waals surface area contributed by atoms with Crippen LogP contribution in [0.4, 0.5) is 0 Å². The number of rotatable bonds is 4. The number of benzene rings is 1. The summed E-state index contributed by atoms with van der Waals surface area (Å²) in [6.45, 7) is 5.28. The first kappa shape index (κ1) is 13.5. The van der Waals surface area contributed by atoms with Crippen molar-refractivity contribution in [3.05, 3.63) is 35.4 Å². The van der Waals surface area contributed by atoms with Gasteiger partial charge in [0, 0.05) is 12.6 Å². The lowest BCUT2D eigenvalue weighted by atomic mass is 9.99. The summed E-state index contributed by atoms with van der Waals surface area (Å²) in [6.07, 6.45) is 2.86. The molecule has 0 spiro atoms. The molecule has 0 saturated carbocycles. The zero-order chi connectivity index (χ0) is 13.0. The van der Waals surface area contributed by atoms with Gasteiger partial charge in [0.15, 0.2) is 0 Å². The van der Waals surface area contributed by atoms with E-state index in [0.717, 1.165) is 24.9 Å². The molecule has 100 valence electrons. The molecule has 1 aromatic rings. The van der Waals surface area contributed by atoms with E-state index in [9.17, 15) is 0 Å². The summed E-state index contributed by atoms with van der Waals surface area (Å²) in [4.78, 5) is 0. The molecule has 0 bridgehead atoms. The molecule has 0 radical (unpaired) electrons. The summed E-state index contributed by atoms with van der Waals surface area (Å²) in [5.41, 5.74) is 2.23. The maximum Gasteiger partial charge on any atom is 0.0681 e. The smallest absolute Gasteiger partial charge is 0.0681 e. The minimum absolute atomic E-state index is 0.114. The fourth-order valence-electron chi connectivity index (χ4n) is 2.60. The summed E-state index contributed by atoms with van der Waals surface area (Å²) < 4.78 is 5.73. The quantitative estimate of drug-likeness (QED) is 0.859. The predicted octanol–water partition coefficient (Wildman–Crippen LogP) is 2.22. The van der Waals surface area contributed by atoms with E-state index in [-0.39, 0.29) is 6.61 Å². The minimum atomic E-state index is 0.114. The van der Waals surface area contributed by atoms with Crippen LogP contribution in [-0.4, -0.2) is 23.4 Å². The van der Waals surface area contributed by atoms with E-state index in [1.54, 1.807) is 0 Å². The third-order valence-electron chi connectivity index (χ3n) is 3.50. The Balaban J connectivity index is 1.83. The van der Waals surface area contributed by atoms with Gasteiger partial charge in [0.1, 0.15) is 0 Å². The molecule has 2 rings (SSSR count). The van der Waals surface area contributed by atoms with E-state index >= 15 is 0 Å². The number of hydrogen-bond acceptors (Lipinski definition) is 3. The molecule has 0 amide bonds. The van der Waals surface area contributed by atoms with Gasteiger partial charge in [-0.1, -0.05) is 24.3 Å². The van der Waals surface area contributed by atoms with Crippen LogP contribution in [0.1, 0.15) is 37.8 Å². The summed E-state index contributed by atoms with van der Waals surface area (Å²) in [5, 5.41) is 12.6. The van der Waals surface area contributed by atoms with Gasteiger partial charge in [-0.2, -0.15) is 0 Å². The van der Waals surface area contributed by atoms with Gasteiger partial charge in [-0.05, 0) is 37.8 Å². The van der Waals surface area contributed by atoms with Crippen LogP contribution in [0, 0.1) is 0 Å². The normalized spacial score (nSPS) is 28.3. The van der Waals surface area contributed by atoms with Gasteiger partial charge in [0.2, 0.25) is 0 Å². The van der Waals surface area contributed by atoms with Crippen LogP contribution in [0.5, 0.6) is 0 Å². The van der Waals surface area contributed by atoms with Crippen LogP contribution in [0.25, 0.3) is 0 Å². The van der Waals surface area contributed by atoms with Crippen molar-refractivity contribution >= 4 is 0 Å². The highest BCUT2D eigenvalue weighted by Crippen LogP contribution is 2.19. The highest BCUT2D eigenvalue weighted by molar-refractivity contribution is 5.21. The second-order valence-corrected chi connectivity index (χ2v) is 5.28. The molecule has 1 fully saturated rings. The van der Waals surface area contributed by atoms with Gasteiger partial charge in [-0.3, -0.25) is 0 Å². The molecule has 1 aromatic carbocycles. The fourth-order valence-corrected chi connectivity index (χ4v) is 2.60. The molecule has 1 heterocycles. The number of aliphatic hydroxyl groups excluding tert-OH is 1. The van der Waals surface area contributed by atoms with E-state index in [1.807, 2.05) is 12.1 Å². The van der Waals surface area contributed by atoms with Gasteiger partial charge in [-0.25, -0.2) is 0 Å². The Labute approximate surface area is 109 Å². The van der Waals surface area contributed by atoms with Gasteiger partial charge < -0.3 is 15.2 Å². The third-order valence-corrected chi connectivity index (χ3v) is 3.50. The molecule has 18 heavy (non-hydrogen) atoms. The standard InChI is InChI=1S/C15H23NO2/c1-11-7-15(8-12(2)18-11)16-9-13-3-5-14(10-17)6-4-13/h3-6,11-12,15-17H,7-10H2,1-2H3. The summed E-state index contributed by atoms with van der Waals surface area (Å²) in [7, 11) is 0. The second-order valence-electron chi connectivity index (χ2n) is 5.28. The van der Waals surface area contributed by atoms with Crippen LogP contribution < -0.4 is 5.32 Å². The molecule has 1 saturated heterocycles. The average molecular weight is 249 g/mol. The second kappa shape index (κ2) is 6.32. The molecule has 0 aliphatic carbocycles. The maximum absolute atomic E-state index is 8.99. The Morgan fingerprint density at radius 2 is 1.67 bits per heavy atom. The molecule has 1 aliphatic heterocycles. The lowest BCUT2D eigenvalue weighted by Gasteiger charge is -2.32. The van der Waals surface area contributed by atoms with Gasteiger partial charge in [0.25, 0.3) is 0 Å². The van der Waals surface area contributed by atoms with Crippen molar-refractivity contribution in [2.24, 2.45) is 0 Å². The molecule has 0 aromatic heterocycles. The van der Waals surface area contributed by atoms with Gasteiger partial charge >= 0.3 is 0 Å². The first-order chi connectivity index (χ1) is 8.67. The van der Waals surface area contributed by atoms with E-state index in [2.05, 4.69) is 31.3 Å². The van der Waals surface area contributed by atoms with Crippen molar-refractivity contribution in [1.29, 1.82) is 0 Å². The van der Waals surface area contributed by atoms with Crippen molar-refractivity contribution in [3.63, 3.8) is 0 Å². The molecule has 3 heteroatoms. The van der Waals surface area contributed by atoms with Crippen molar-refractivity contribution in [1.82, 2.24) is 5.32 Å². The van der Waals surface area contributed by atoms with E-state index < -0.39 is 0 Å². The average Bonchev–Trinajstić information content (AvgIpc) is 2.36. The van der Waals surface area contributed by atoms with E-state index in [0.29, 0.717) is 18.2 Å². The summed E-state index contributed by atoms with van der Waals surface area (Å²) in [6, 6.07) is 8.65. The Kier molecular flexibility index (Phi) is 4.75. The van der Waals surface area contributed by atoms with Gasteiger partial charge in [-0.15, -0.1) is 0 Å². The zero-order valence-corrected chi connectivity index (χ0v) is 11.2. The Hall–Kier alpha value is -0.900.